The lowest BCUT2D eigenvalue weighted by molar-refractivity contribution is -0.384. The minimum atomic E-state index is -3.05. The predicted molar refractivity (Wildman–Crippen MR) is 75.6 cm³/mol. The maximum absolute atomic E-state index is 11.1. The summed E-state index contributed by atoms with van der Waals surface area (Å²) in [5, 5.41) is 10.7. The Bertz CT molecular complexity index is 574. The molecule has 0 N–H and O–H groups in total. The van der Waals surface area contributed by atoms with Gasteiger partial charge in [0.15, 0.2) is 0 Å². The number of nitro groups is 1. The van der Waals surface area contributed by atoms with Crippen LogP contribution in [0.15, 0.2) is 18.2 Å². The van der Waals surface area contributed by atoms with Crippen molar-refractivity contribution >= 4 is 32.8 Å². The van der Waals surface area contributed by atoms with Gasteiger partial charge in [-0.3, -0.25) is 10.1 Å². The largest absolute Gasteiger partial charge is 0.373 e. The number of hydrogen-bond donors (Lipinski definition) is 0. The number of non-ortho nitro benzene ring substituents is 1. The molecule has 0 amide bonds. The first kappa shape index (κ1) is 15.7. The van der Waals surface area contributed by atoms with E-state index in [1.54, 1.807) is 18.0 Å². The van der Waals surface area contributed by atoms with Crippen LogP contribution in [0.25, 0.3) is 0 Å². The molecule has 0 aliphatic rings. The van der Waals surface area contributed by atoms with Gasteiger partial charge in [0.05, 0.1) is 10.7 Å². The Morgan fingerprint density at radius 1 is 1.42 bits per heavy atom. The second kappa shape index (κ2) is 6.21. The highest BCUT2D eigenvalue weighted by molar-refractivity contribution is 7.90. The Kier molecular flexibility index (Phi) is 5.13. The molecule has 0 atom stereocenters. The van der Waals surface area contributed by atoms with Crippen molar-refractivity contribution in [3.05, 3.63) is 33.9 Å². The number of halogens is 1. The van der Waals surface area contributed by atoms with E-state index in [0.29, 0.717) is 17.8 Å². The first-order chi connectivity index (χ1) is 8.74. The van der Waals surface area contributed by atoms with E-state index in [1.807, 2.05) is 0 Å². The minimum Gasteiger partial charge on any atom is -0.373 e. The number of sulfone groups is 1. The molecule has 106 valence electrons. The molecule has 0 unspecified atom stereocenters. The Morgan fingerprint density at radius 3 is 2.53 bits per heavy atom. The molecular formula is C11H15ClN2O4S. The zero-order valence-corrected chi connectivity index (χ0v) is 12.2. The number of nitrogens with zero attached hydrogens (tertiary/aromatic N) is 2. The molecule has 0 saturated heterocycles. The second-order valence-electron chi connectivity index (χ2n) is 4.26. The fourth-order valence-electron chi connectivity index (χ4n) is 1.59. The maximum atomic E-state index is 11.1. The van der Waals surface area contributed by atoms with Gasteiger partial charge in [-0.05, 0) is 11.6 Å². The molecule has 19 heavy (non-hydrogen) atoms. The van der Waals surface area contributed by atoms with Gasteiger partial charge in [-0.25, -0.2) is 8.42 Å². The monoisotopic (exact) mass is 306 g/mol. The zero-order chi connectivity index (χ0) is 14.6. The molecule has 0 aromatic heterocycles. The molecule has 0 spiro atoms. The van der Waals surface area contributed by atoms with Crippen LogP contribution < -0.4 is 4.90 Å². The van der Waals surface area contributed by atoms with Gasteiger partial charge in [0.25, 0.3) is 5.69 Å². The minimum absolute atomic E-state index is 0.0161. The standard InChI is InChI=1S/C11H15ClN2O4S/c1-13(5-6-19(2,17)18)11-4-3-10(14(15)16)7-9(11)8-12/h3-4,7H,5-6,8H2,1-2H3. The Hall–Kier alpha value is -1.34. The smallest absolute Gasteiger partial charge is 0.269 e. The van der Waals surface area contributed by atoms with Crippen molar-refractivity contribution in [1.29, 1.82) is 0 Å². The molecule has 0 aliphatic heterocycles. The lowest BCUT2D eigenvalue weighted by Crippen LogP contribution is -2.25. The lowest BCUT2D eigenvalue weighted by Gasteiger charge is -2.21. The van der Waals surface area contributed by atoms with Crippen LogP contribution in [0.1, 0.15) is 5.56 Å². The number of hydrogen-bond acceptors (Lipinski definition) is 5. The fourth-order valence-corrected chi connectivity index (χ4v) is 2.41. The number of rotatable bonds is 6. The van der Waals surface area contributed by atoms with Gasteiger partial charge < -0.3 is 4.90 Å². The van der Waals surface area contributed by atoms with E-state index in [-0.39, 0.29) is 17.3 Å². The molecule has 1 aromatic carbocycles. The Labute approximate surface area is 117 Å². The summed E-state index contributed by atoms with van der Waals surface area (Å²) in [6, 6.07) is 4.36. The van der Waals surface area contributed by atoms with E-state index in [1.165, 1.54) is 18.4 Å². The van der Waals surface area contributed by atoms with E-state index in [0.717, 1.165) is 0 Å². The summed E-state index contributed by atoms with van der Waals surface area (Å²) < 4.78 is 22.2. The Morgan fingerprint density at radius 2 is 2.05 bits per heavy atom. The molecular weight excluding hydrogens is 292 g/mol. The normalized spacial score (nSPS) is 11.3. The summed E-state index contributed by atoms with van der Waals surface area (Å²) in [6.07, 6.45) is 1.17. The summed E-state index contributed by atoms with van der Waals surface area (Å²) in [5.74, 6) is 0.141. The SMILES string of the molecule is CN(CCS(C)(=O)=O)c1ccc([N+](=O)[O-])cc1CCl. The highest BCUT2D eigenvalue weighted by Crippen LogP contribution is 2.26. The molecule has 8 heteroatoms. The van der Waals surface area contributed by atoms with Gasteiger partial charge in [0, 0.05) is 43.5 Å². The van der Waals surface area contributed by atoms with E-state index in [2.05, 4.69) is 0 Å². The molecule has 0 aliphatic carbocycles. The van der Waals surface area contributed by atoms with Gasteiger partial charge >= 0.3 is 0 Å². The van der Waals surface area contributed by atoms with Crippen LogP contribution in [0.3, 0.4) is 0 Å². The van der Waals surface area contributed by atoms with Gasteiger partial charge in [-0.15, -0.1) is 11.6 Å². The van der Waals surface area contributed by atoms with Crippen molar-refractivity contribution in [2.45, 2.75) is 5.88 Å². The molecule has 6 nitrogen and oxygen atoms in total. The highest BCUT2D eigenvalue weighted by atomic mass is 35.5. The van der Waals surface area contributed by atoms with Crippen molar-refractivity contribution in [3.8, 4) is 0 Å². The van der Waals surface area contributed by atoms with E-state index >= 15 is 0 Å². The maximum Gasteiger partial charge on any atom is 0.269 e. The van der Waals surface area contributed by atoms with Crippen LogP contribution in [-0.2, 0) is 15.7 Å². The third-order valence-electron chi connectivity index (χ3n) is 2.63. The molecule has 1 aromatic rings. The van der Waals surface area contributed by atoms with Crippen LogP contribution in [0.2, 0.25) is 0 Å². The summed E-state index contributed by atoms with van der Waals surface area (Å²) >= 11 is 5.78. The van der Waals surface area contributed by atoms with Crippen LogP contribution in [0.5, 0.6) is 0 Å². The van der Waals surface area contributed by atoms with Gasteiger partial charge in [-0.1, -0.05) is 0 Å². The average molecular weight is 307 g/mol. The third kappa shape index (κ3) is 4.68. The summed E-state index contributed by atoms with van der Waals surface area (Å²) in [4.78, 5) is 11.9. The summed E-state index contributed by atoms with van der Waals surface area (Å²) in [6.45, 7) is 0.306. The van der Waals surface area contributed by atoms with E-state index in [9.17, 15) is 18.5 Å². The second-order valence-corrected chi connectivity index (χ2v) is 6.78. The van der Waals surface area contributed by atoms with Crippen molar-refractivity contribution in [3.63, 3.8) is 0 Å². The fraction of sp³-hybridized carbons (Fsp3) is 0.455. The van der Waals surface area contributed by atoms with Crippen molar-refractivity contribution in [1.82, 2.24) is 0 Å². The molecule has 0 heterocycles. The topological polar surface area (TPSA) is 80.5 Å². The van der Waals surface area contributed by atoms with Gasteiger partial charge in [0.2, 0.25) is 0 Å². The summed E-state index contributed by atoms with van der Waals surface area (Å²) in [5.41, 5.74) is 1.27. The number of benzene rings is 1. The van der Waals surface area contributed by atoms with Crippen LogP contribution >= 0.6 is 11.6 Å². The zero-order valence-electron chi connectivity index (χ0n) is 10.7. The third-order valence-corrected chi connectivity index (χ3v) is 3.84. The number of anilines is 1. The van der Waals surface area contributed by atoms with Crippen LogP contribution in [0.4, 0.5) is 11.4 Å². The van der Waals surface area contributed by atoms with Gasteiger partial charge in [-0.2, -0.15) is 0 Å². The lowest BCUT2D eigenvalue weighted by atomic mass is 10.1. The molecule has 1 rings (SSSR count). The molecule has 0 bridgehead atoms. The molecule has 0 saturated carbocycles. The Balaban J connectivity index is 2.96. The van der Waals surface area contributed by atoms with Crippen LogP contribution in [-0.4, -0.2) is 38.9 Å². The van der Waals surface area contributed by atoms with Crippen molar-refractivity contribution in [2.75, 3.05) is 30.5 Å². The van der Waals surface area contributed by atoms with Gasteiger partial charge in [0.1, 0.15) is 9.84 Å². The quantitative estimate of drug-likeness (QED) is 0.455. The number of alkyl halides is 1. The molecule has 0 fully saturated rings. The van der Waals surface area contributed by atoms with E-state index in [4.69, 9.17) is 11.6 Å². The van der Waals surface area contributed by atoms with Crippen molar-refractivity contribution < 1.29 is 13.3 Å². The van der Waals surface area contributed by atoms with Crippen molar-refractivity contribution in [2.24, 2.45) is 0 Å². The summed E-state index contributed by atoms with van der Waals surface area (Å²) in [7, 11) is -1.33. The highest BCUT2D eigenvalue weighted by Gasteiger charge is 2.14. The number of nitro benzene ring substituents is 1. The first-order valence-corrected chi connectivity index (χ1v) is 8.06. The average Bonchev–Trinajstić information content (AvgIpc) is 2.34. The molecule has 0 radical (unpaired) electrons. The van der Waals surface area contributed by atoms with E-state index < -0.39 is 14.8 Å². The first-order valence-electron chi connectivity index (χ1n) is 5.46. The van der Waals surface area contributed by atoms with Crippen LogP contribution in [0, 0.1) is 10.1 Å². The predicted octanol–water partition coefficient (Wildman–Crippen LogP) is 1.81.